The van der Waals surface area contributed by atoms with Crippen LogP contribution in [0, 0.1) is 11.3 Å². The van der Waals surface area contributed by atoms with Gasteiger partial charge in [0.2, 0.25) is 0 Å². The van der Waals surface area contributed by atoms with Gasteiger partial charge in [-0.15, -0.1) is 10.2 Å². The quantitative estimate of drug-likeness (QED) is 0.862. The summed E-state index contributed by atoms with van der Waals surface area (Å²) in [7, 11) is 0. The highest BCUT2D eigenvalue weighted by Gasteiger charge is 2.23. The Morgan fingerprint density at radius 2 is 1.89 bits per heavy atom. The van der Waals surface area contributed by atoms with Gasteiger partial charge in [0.15, 0.2) is 11.5 Å². The Morgan fingerprint density at radius 1 is 1.14 bits per heavy atom. The van der Waals surface area contributed by atoms with E-state index in [9.17, 15) is 9.59 Å². The lowest BCUT2D eigenvalue weighted by atomic mass is 10.2. The maximum absolute atomic E-state index is 12.4. The molecule has 0 atom stereocenters. The molecule has 1 aromatic heterocycles. The van der Waals surface area contributed by atoms with E-state index in [-0.39, 0.29) is 11.8 Å². The molecule has 0 saturated carbocycles. The molecule has 1 fully saturated rings. The summed E-state index contributed by atoms with van der Waals surface area (Å²) in [6.07, 6.45) is -0.307. The predicted octanol–water partition coefficient (Wildman–Crippen LogP) is 1.88. The minimum absolute atomic E-state index is 0.154. The number of nitrogens with zero attached hydrogens (tertiary/aromatic N) is 5. The third-order valence-electron chi connectivity index (χ3n) is 4.31. The van der Waals surface area contributed by atoms with Crippen LogP contribution in [-0.2, 0) is 4.74 Å². The van der Waals surface area contributed by atoms with Gasteiger partial charge in [0.05, 0.1) is 17.9 Å². The molecule has 144 valence electrons. The second-order valence-corrected chi connectivity index (χ2v) is 6.06. The minimum Gasteiger partial charge on any atom is -0.450 e. The summed E-state index contributed by atoms with van der Waals surface area (Å²) in [4.78, 5) is 27.8. The molecule has 1 aliphatic heterocycles. The molecule has 1 saturated heterocycles. The fourth-order valence-electron chi connectivity index (χ4n) is 2.82. The van der Waals surface area contributed by atoms with Crippen molar-refractivity contribution in [1.82, 2.24) is 15.1 Å². The molecule has 9 nitrogen and oxygen atoms in total. The van der Waals surface area contributed by atoms with Crippen molar-refractivity contribution in [2.24, 2.45) is 0 Å². The predicted molar refractivity (Wildman–Crippen MR) is 102 cm³/mol. The number of benzene rings is 1. The van der Waals surface area contributed by atoms with Crippen LogP contribution in [0.5, 0.6) is 0 Å². The van der Waals surface area contributed by atoms with E-state index in [1.807, 2.05) is 11.0 Å². The van der Waals surface area contributed by atoms with Crippen LogP contribution in [0.15, 0.2) is 36.4 Å². The molecule has 1 aliphatic rings. The van der Waals surface area contributed by atoms with E-state index in [4.69, 9.17) is 10.00 Å². The topological polar surface area (TPSA) is 111 Å². The summed E-state index contributed by atoms with van der Waals surface area (Å²) in [5.74, 6) is 0.200. The highest BCUT2D eigenvalue weighted by atomic mass is 16.6. The van der Waals surface area contributed by atoms with Crippen LogP contribution in [0.4, 0.5) is 16.3 Å². The Bertz CT molecular complexity index is 885. The summed E-state index contributed by atoms with van der Waals surface area (Å²) in [6, 6.07) is 12.1. The minimum atomic E-state index is -0.436. The first-order chi connectivity index (χ1) is 13.6. The van der Waals surface area contributed by atoms with Crippen molar-refractivity contribution in [2.45, 2.75) is 6.92 Å². The first kappa shape index (κ1) is 19.1. The van der Waals surface area contributed by atoms with Crippen LogP contribution < -0.4 is 10.2 Å². The number of para-hydroxylation sites is 1. The molecule has 2 aromatic rings. The average molecular weight is 380 g/mol. The van der Waals surface area contributed by atoms with Gasteiger partial charge in [-0.1, -0.05) is 12.1 Å². The maximum atomic E-state index is 12.4. The van der Waals surface area contributed by atoms with Gasteiger partial charge in [-0.25, -0.2) is 4.79 Å². The van der Waals surface area contributed by atoms with E-state index < -0.39 is 5.91 Å². The third kappa shape index (κ3) is 4.35. The number of ether oxygens (including phenoxy) is 1. The van der Waals surface area contributed by atoms with E-state index in [2.05, 4.69) is 15.5 Å². The van der Waals surface area contributed by atoms with Crippen LogP contribution in [-0.4, -0.2) is 59.9 Å². The van der Waals surface area contributed by atoms with Gasteiger partial charge in [-0.3, -0.25) is 4.79 Å². The number of hydrogen-bond acceptors (Lipinski definition) is 7. The normalized spacial score (nSPS) is 13.6. The lowest BCUT2D eigenvalue weighted by molar-refractivity contribution is 0.101. The molecule has 2 amide bonds. The molecule has 2 heterocycles. The standard InChI is InChI=1S/C19H20N6O3/c1-2-28-19(27)25-11-9-24(10-12-25)17-8-7-16(22-23-17)18(26)21-15-6-4-3-5-14(15)13-20/h3-8H,2,9-12H2,1H3,(H,21,26). The van der Waals surface area contributed by atoms with Gasteiger partial charge in [-0.05, 0) is 31.2 Å². The third-order valence-corrected chi connectivity index (χ3v) is 4.31. The molecule has 0 aliphatic carbocycles. The average Bonchev–Trinajstić information content (AvgIpc) is 2.74. The maximum Gasteiger partial charge on any atom is 0.409 e. The summed E-state index contributed by atoms with van der Waals surface area (Å²) < 4.78 is 5.01. The second kappa shape index (κ2) is 8.81. The monoisotopic (exact) mass is 380 g/mol. The van der Waals surface area contributed by atoms with Crippen molar-refractivity contribution in [3.63, 3.8) is 0 Å². The number of amides is 2. The number of rotatable bonds is 4. The molecule has 0 spiro atoms. The first-order valence-electron chi connectivity index (χ1n) is 8.93. The number of hydrogen-bond donors (Lipinski definition) is 1. The van der Waals surface area contributed by atoms with E-state index in [0.29, 0.717) is 49.9 Å². The lowest BCUT2D eigenvalue weighted by Crippen LogP contribution is -2.49. The molecule has 0 bridgehead atoms. The summed E-state index contributed by atoms with van der Waals surface area (Å²) in [5.41, 5.74) is 0.956. The number of piperazine rings is 1. The molecule has 1 aromatic carbocycles. The molecular weight excluding hydrogens is 360 g/mol. The number of nitriles is 1. The lowest BCUT2D eigenvalue weighted by Gasteiger charge is -2.34. The molecule has 3 rings (SSSR count). The molecule has 9 heteroatoms. The number of carbonyl (C=O) groups excluding carboxylic acids is 2. The van der Waals surface area contributed by atoms with Crippen LogP contribution in [0.1, 0.15) is 23.0 Å². The van der Waals surface area contributed by atoms with Gasteiger partial charge in [0.25, 0.3) is 5.91 Å². The Morgan fingerprint density at radius 3 is 2.54 bits per heavy atom. The number of nitrogens with one attached hydrogen (secondary N) is 1. The second-order valence-electron chi connectivity index (χ2n) is 6.06. The van der Waals surface area contributed by atoms with E-state index in [1.54, 1.807) is 48.2 Å². The van der Waals surface area contributed by atoms with Crippen molar-refractivity contribution in [2.75, 3.05) is 43.0 Å². The van der Waals surface area contributed by atoms with Crippen molar-refractivity contribution in [3.8, 4) is 6.07 Å². The number of anilines is 2. The van der Waals surface area contributed by atoms with Crippen LogP contribution in [0.25, 0.3) is 0 Å². The first-order valence-corrected chi connectivity index (χ1v) is 8.93. The highest BCUT2D eigenvalue weighted by molar-refractivity contribution is 6.03. The SMILES string of the molecule is CCOC(=O)N1CCN(c2ccc(C(=O)Nc3ccccc3C#N)nn2)CC1. The summed E-state index contributed by atoms with van der Waals surface area (Å²) in [5, 5.41) is 19.9. The smallest absolute Gasteiger partial charge is 0.409 e. The fraction of sp³-hybridized carbons (Fsp3) is 0.316. The van der Waals surface area contributed by atoms with Crippen molar-refractivity contribution in [3.05, 3.63) is 47.7 Å². The Balaban J connectivity index is 1.60. The molecule has 0 unspecified atom stereocenters. The summed E-state index contributed by atoms with van der Waals surface area (Å²) >= 11 is 0. The highest BCUT2D eigenvalue weighted by Crippen LogP contribution is 2.16. The Labute approximate surface area is 162 Å². The zero-order chi connectivity index (χ0) is 19.9. The van der Waals surface area contributed by atoms with Gasteiger partial charge in [-0.2, -0.15) is 5.26 Å². The van der Waals surface area contributed by atoms with Crippen molar-refractivity contribution < 1.29 is 14.3 Å². The van der Waals surface area contributed by atoms with Gasteiger partial charge in [0.1, 0.15) is 6.07 Å². The number of carbonyl (C=O) groups is 2. The largest absolute Gasteiger partial charge is 0.450 e. The van der Waals surface area contributed by atoms with Crippen molar-refractivity contribution >= 4 is 23.5 Å². The van der Waals surface area contributed by atoms with E-state index in [0.717, 1.165) is 0 Å². The summed E-state index contributed by atoms with van der Waals surface area (Å²) in [6.45, 7) is 4.41. The molecule has 28 heavy (non-hydrogen) atoms. The zero-order valence-electron chi connectivity index (χ0n) is 15.5. The van der Waals surface area contributed by atoms with E-state index >= 15 is 0 Å². The van der Waals surface area contributed by atoms with Gasteiger partial charge < -0.3 is 19.9 Å². The van der Waals surface area contributed by atoms with Crippen LogP contribution in [0.3, 0.4) is 0 Å². The van der Waals surface area contributed by atoms with Crippen LogP contribution in [0.2, 0.25) is 0 Å². The zero-order valence-corrected chi connectivity index (χ0v) is 15.5. The molecular formula is C19H20N6O3. The van der Waals surface area contributed by atoms with Crippen LogP contribution >= 0.6 is 0 Å². The van der Waals surface area contributed by atoms with E-state index in [1.165, 1.54) is 0 Å². The Hall–Kier alpha value is -3.67. The van der Waals surface area contributed by atoms with Gasteiger partial charge >= 0.3 is 6.09 Å². The fourth-order valence-corrected chi connectivity index (χ4v) is 2.82. The van der Waals surface area contributed by atoms with Gasteiger partial charge in [0, 0.05) is 26.2 Å². The number of aromatic nitrogens is 2. The molecule has 1 N–H and O–H groups in total. The molecule has 0 radical (unpaired) electrons. The Kier molecular flexibility index (Phi) is 6.01. The van der Waals surface area contributed by atoms with Crippen molar-refractivity contribution in [1.29, 1.82) is 5.26 Å².